The van der Waals surface area contributed by atoms with E-state index in [4.69, 9.17) is 13.6 Å². The van der Waals surface area contributed by atoms with Crippen molar-refractivity contribution in [3.8, 4) is 11.1 Å². The summed E-state index contributed by atoms with van der Waals surface area (Å²) in [5, 5.41) is 0. The Morgan fingerprint density at radius 3 is 1.04 bits per heavy atom. The maximum atomic E-state index is 11.1. The third kappa shape index (κ3) is 20.0. The zero-order valence-electron chi connectivity index (χ0n) is 53.2. The van der Waals surface area contributed by atoms with Crippen molar-refractivity contribution in [2.45, 2.75) is 270 Å². The van der Waals surface area contributed by atoms with Crippen LogP contribution in [-0.4, -0.2) is 22.2 Å². The quantitative estimate of drug-likeness (QED) is 0.156. The Morgan fingerprint density at radius 2 is 0.730 bits per heavy atom. The molecule has 1 aliphatic rings. The van der Waals surface area contributed by atoms with Crippen LogP contribution in [0.2, 0.25) is 0 Å². The van der Waals surface area contributed by atoms with Gasteiger partial charge in [0.1, 0.15) is 0 Å². The predicted molar refractivity (Wildman–Crippen MR) is 320 cm³/mol. The van der Waals surface area contributed by atoms with Crippen molar-refractivity contribution in [1.29, 1.82) is 0 Å². The fourth-order valence-electron chi connectivity index (χ4n) is 8.82. The molecule has 5 aromatic rings. The van der Waals surface area contributed by atoms with Crippen LogP contribution in [0.4, 0.5) is 0 Å². The molecule has 2 aromatic carbocycles. The molecular weight excluding hydrogens is 909 g/mol. The van der Waals surface area contributed by atoms with Gasteiger partial charge in [-0.15, -0.1) is 0 Å². The van der Waals surface area contributed by atoms with Gasteiger partial charge in [-0.25, -0.2) is 4.79 Å². The molecule has 6 nitrogen and oxygen atoms in total. The maximum absolute atomic E-state index is 11.1. The molecular formula is C68H108N2O4. The average Bonchev–Trinajstić information content (AvgIpc) is 3.95. The summed E-state index contributed by atoms with van der Waals surface area (Å²) in [4.78, 5) is 19.9. The molecule has 2 unspecified atom stereocenters. The van der Waals surface area contributed by atoms with Crippen molar-refractivity contribution in [2.24, 2.45) is 10.8 Å². The maximum Gasteiger partial charge on any atom is 0.519 e. The third-order valence-corrected chi connectivity index (χ3v) is 12.9. The monoisotopic (exact) mass is 1020 g/mol. The molecule has 3 aromatic heterocycles. The molecule has 0 amide bonds. The molecule has 414 valence electrons. The summed E-state index contributed by atoms with van der Waals surface area (Å²) in [6, 6.07) is 24.1. The van der Waals surface area contributed by atoms with E-state index in [0.717, 1.165) is 5.69 Å². The van der Waals surface area contributed by atoms with E-state index >= 15 is 0 Å². The van der Waals surface area contributed by atoms with Gasteiger partial charge in [0, 0.05) is 40.0 Å². The fraction of sp³-hybridized carbons (Fsp3) is 0.632. The first-order valence-electron chi connectivity index (χ1n) is 27.3. The number of aromatic nitrogens is 2. The molecule has 6 heteroatoms. The lowest BCUT2D eigenvalue weighted by Crippen LogP contribution is -2.23. The van der Waals surface area contributed by atoms with E-state index in [9.17, 15) is 4.79 Å². The number of aryl methyl sites for hydroxylation is 1. The van der Waals surface area contributed by atoms with Gasteiger partial charge in [-0.1, -0.05) is 256 Å². The van der Waals surface area contributed by atoms with E-state index in [2.05, 4.69) is 237 Å². The number of hydrogen-bond donors (Lipinski definition) is 0. The Balaban J connectivity index is 0.000000322. The number of nitrogens with zero attached hydrogens (tertiary/aromatic N) is 2. The van der Waals surface area contributed by atoms with E-state index in [1.807, 2.05) is 66.9 Å². The van der Waals surface area contributed by atoms with Crippen LogP contribution in [0, 0.1) is 17.8 Å². The number of pyridine rings is 2. The van der Waals surface area contributed by atoms with Crippen molar-refractivity contribution in [3.63, 3.8) is 0 Å². The van der Waals surface area contributed by atoms with Crippen LogP contribution in [0.1, 0.15) is 258 Å². The summed E-state index contributed by atoms with van der Waals surface area (Å²) >= 11 is 0. The molecule has 1 aliphatic heterocycles. The van der Waals surface area contributed by atoms with Crippen molar-refractivity contribution in [2.75, 3.05) is 0 Å². The number of ether oxygens (including phenoxy) is 1. The zero-order valence-corrected chi connectivity index (χ0v) is 53.2. The van der Waals surface area contributed by atoms with Crippen LogP contribution in [0.5, 0.6) is 0 Å². The molecule has 0 bridgehead atoms. The van der Waals surface area contributed by atoms with Gasteiger partial charge in [-0.2, -0.15) is 0 Å². The van der Waals surface area contributed by atoms with E-state index in [0.29, 0.717) is 34.6 Å². The molecule has 2 atom stereocenters. The Kier molecular flexibility index (Phi) is 20.9. The topological polar surface area (TPSA) is 81.7 Å². The van der Waals surface area contributed by atoms with Crippen LogP contribution < -0.4 is 5.82 Å². The Hall–Kier alpha value is -4.29. The normalized spacial score (nSPS) is 15.8. The summed E-state index contributed by atoms with van der Waals surface area (Å²) in [7, 11) is 0. The second-order valence-electron chi connectivity index (χ2n) is 31.2. The average molecular weight is 1020 g/mol. The number of rotatable bonds is 1. The van der Waals surface area contributed by atoms with E-state index < -0.39 is 5.82 Å². The minimum Gasteiger partial charge on any atom is -0.395 e. The van der Waals surface area contributed by atoms with Crippen molar-refractivity contribution < 1.29 is 13.6 Å². The standard InChI is InChI=1S/C20H27N.C14H22.C13H21N.C11H18O3.C10H20O/c1-14-12-16(10-11-21-14)15-8-9-17(19(2,3)4)18(13-15)20(5,6)7;1-13(2,3)11-9-7-8-10-12(11)14(4,5)6;1-12(2,3)10-8-7-9-14-11(10)13(4,5)6;1-10(2,3)7-8(11(4,5)6)14-9(12)13-7;1-9(2,3)7-8(11-7)10(4,5)6/h8-13H,1-7H3;7-10H,1-6H3;7-9H,1-6H3;1-6H3;7-8H,1-6H3. The highest BCUT2D eigenvalue weighted by molar-refractivity contribution is 5.66. The lowest BCUT2D eigenvalue weighted by Gasteiger charge is -2.30. The Bertz CT molecular complexity index is 2420. The van der Waals surface area contributed by atoms with Gasteiger partial charge < -0.3 is 13.6 Å². The Morgan fingerprint density at radius 1 is 0.365 bits per heavy atom. The molecule has 74 heavy (non-hydrogen) atoms. The molecule has 0 saturated carbocycles. The number of epoxide rings is 1. The molecule has 0 radical (unpaired) electrons. The van der Waals surface area contributed by atoms with Crippen LogP contribution >= 0.6 is 0 Å². The molecule has 1 fully saturated rings. The highest BCUT2D eigenvalue weighted by Crippen LogP contribution is 2.46. The summed E-state index contributed by atoms with van der Waals surface area (Å²) in [6.45, 7) is 68.2. The second kappa shape index (κ2) is 23.5. The zero-order chi connectivity index (χ0) is 57.8. The lowest BCUT2D eigenvalue weighted by atomic mass is 9.74. The van der Waals surface area contributed by atoms with Crippen LogP contribution in [-0.2, 0) is 48.1 Å². The summed E-state index contributed by atoms with van der Waals surface area (Å²) in [5.74, 6) is 0.685. The van der Waals surface area contributed by atoms with Gasteiger partial charge >= 0.3 is 5.82 Å². The minimum atomic E-state index is -0.611. The highest BCUT2D eigenvalue weighted by atomic mass is 16.6. The third-order valence-electron chi connectivity index (χ3n) is 12.9. The van der Waals surface area contributed by atoms with E-state index in [-0.39, 0.29) is 43.3 Å². The summed E-state index contributed by atoms with van der Waals surface area (Å²) < 4.78 is 15.8. The predicted octanol–water partition coefficient (Wildman–Crippen LogP) is 19.3. The van der Waals surface area contributed by atoms with Crippen LogP contribution in [0.3, 0.4) is 0 Å². The van der Waals surface area contributed by atoms with Crippen LogP contribution in [0.15, 0.2) is 92.8 Å². The van der Waals surface area contributed by atoms with Gasteiger partial charge in [-0.05, 0) is 102 Å². The molecule has 6 rings (SSSR count). The number of benzene rings is 2. The molecule has 0 spiro atoms. The summed E-state index contributed by atoms with van der Waals surface area (Å²) in [5.41, 5.74) is 13.3. The summed E-state index contributed by atoms with van der Waals surface area (Å²) in [6.07, 6.45) is 4.72. The fourth-order valence-corrected chi connectivity index (χ4v) is 8.82. The molecule has 4 heterocycles. The Labute approximate surface area is 454 Å². The SMILES string of the molecule is CC(C)(C)C1OC1C(C)(C)C.CC(C)(C)c1ccccc1C(C)(C)C.CC(C)(C)c1cccnc1C(C)(C)C.CC(C)(C)c1oc(=O)oc1C(C)(C)C.Cc1cc(-c2ccc(C(C)(C)C)c(C(C)(C)C)c2)ccn1. The largest absolute Gasteiger partial charge is 0.519 e. The molecule has 0 aliphatic carbocycles. The first-order valence-corrected chi connectivity index (χ1v) is 27.3. The molecule has 1 saturated heterocycles. The van der Waals surface area contributed by atoms with Gasteiger partial charge in [0.2, 0.25) is 0 Å². The van der Waals surface area contributed by atoms with Gasteiger partial charge in [-0.3, -0.25) is 9.97 Å². The highest BCUT2D eigenvalue weighted by Gasteiger charge is 2.52. The van der Waals surface area contributed by atoms with Gasteiger partial charge in [0.05, 0.1) is 12.2 Å². The van der Waals surface area contributed by atoms with Gasteiger partial charge in [0.15, 0.2) is 11.5 Å². The lowest BCUT2D eigenvalue weighted by molar-refractivity contribution is 0.236. The number of hydrogen-bond acceptors (Lipinski definition) is 6. The van der Waals surface area contributed by atoms with Gasteiger partial charge in [0.25, 0.3) is 0 Å². The van der Waals surface area contributed by atoms with Crippen molar-refractivity contribution in [3.05, 3.63) is 140 Å². The molecule has 0 N–H and O–H groups in total. The first-order chi connectivity index (χ1) is 32.9. The van der Waals surface area contributed by atoms with E-state index in [1.165, 1.54) is 44.6 Å². The van der Waals surface area contributed by atoms with Crippen molar-refractivity contribution >= 4 is 0 Å². The van der Waals surface area contributed by atoms with E-state index in [1.54, 1.807) is 0 Å². The van der Waals surface area contributed by atoms with Crippen LogP contribution in [0.25, 0.3) is 11.1 Å². The first kappa shape index (κ1) is 65.8. The second-order valence-corrected chi connectivity index (χ2v) is 31.2. The minimum absolute atomic E-state index is 0.129. The van der Waals surface area contributed by atoms with Crippen molar-refractivity contribution in [1.82, 2.24) is 9.97 Å². The smallest absolute Gasteiger partial charge is 0.395 e.